The van der Waals surface area contributed by atoms with E-state index in [1.54, 1.807) is 6.07 Å². The Hall–Kier alpha value is -3.62. The number of benzene rings is 1. The molecule has 2 aliphatic heterocycles. The Labute approximate surface area is 192 Å². The summed E-state index contributed by atoms with van der Waals surface area (Å²) in [6.07, 6.45) is 6.01. The number of carbonyl (C=O) groups is 3. The number of imide groups is 1. The zero-order valence-corrected chi connectivity index (χ0v) is 19.1. The molecule has 5 N–H and O–H groups in total. The summed E-state index contributed by atoms with van der Waals surface area (Å²) in [5, 5.41) is 12.2. The average Bonchev–Trinajstić information content (AvgIpc) is 2.89. The van der Waals surface area contributed by atoms with Gasteiger partial charge in [-0.1, -0.05) is 13.3 Å². The Morgan fingerprint density at radius 1 is 1.33 bits per heavy atom. The summed E-state index contributed by atoms with van der Waals surface area (Å²) >= 11 is 0. The number of rotatable bonds is 3. The van der Waals surface area contributed by atoms with Crippen LogP contribution in [0.25, 0.3) is 0 Å². The second kappa shape index (κ2) is 8.73. The number of ether oxygens (including phenoxy) is 1. The lowest BCUT2D eigenvalue weighted by atomic mass is 9.73. The molecule has 1 fully saturated rings. The SMILES string of the molecule is Cc1cc(N(C)C(=O)NC(=O)C(=N)N)cc2c1OC1=C(CNC(=O)C([C@H](C)C3CCC3)=C1)C2. The first-order valence-electron chi connectivity index (χ1n) is 11.1. The van der Waals surface area contributed by atoms with E-state index in [0.717, 1.165) is 40.9 Å². The first-order valence-corrected chi connectivity index (χ1v) is 11.1. The molecule has 9 nitrogen and oxygen atoms in total. The van der Waals surface area contributed by atoms with Crippen LogP contribution in [-0.2, 0) is 16.0 Å². The van der Waals surface area contributed by atoms with E-state index in [2.05, 4.69) is 17.6 Å². The number of anilines is 1. The molecule has 1 aromatic carbocycles. The molecule has 0 radical (unpaired) electrons. The maximum absolute atomic E-state index is 12.8. The van der Waals surface area contributed by atoms with Gasteiger partial charge in [-0.25, -0.2) is 4.79 Å². The molecule has 9 heteroatoms. The van der Waals surface area contributed by atoms with Crippen molar-refractivity contribution in [2.24, 2.45) is 17.6 Å². The summed E-state index contributed by atoms with van der Waals surface area (Å²) in [5.74, 6) is 0.432. The van der Waals surface area contributed by atoms with Gasteiger partial charge in [-0.15, -0.1) is 0 Å². The fraction of sp³-hybridized carbons (Fsp3) is 0.417. The number of aryl methyl sites for hydroxylation is 1. The van der Waals surface area contributed by atoms with Gasteiger partial charge in [0.1, 0.15) is 11.5 Å². The molecular weight excluding hydrogens is 422 g/mol. The van der Waals surface area contributed by atoms with Crippen LogP contribution in [0, 0.1) is 24.2 Å². The molecule has 33 heavy (non-hydrogen) atoms. The van der Waals surface area contributed by atoms with Crippen LogP contribution in [-0.4, -0.2) is 37.3 Å². The van der Waals surface area contributed by atoms with Crippen molar-refractivity contribution < 1.29 is 19.1 Å². The number of nitrogens with zero attached hydrogens (tertiary/aromatic N) is 1. The predicted octanol–water partition coefficient (Wildman–Crippen LogP) is 2.28. The number of urea groups is 1. The van der Waals surface area contributed by atoms with Crippen molar-refractivity contribution in [2.45, 2.75) is 39.5 Å². The van der Waals surface area contributed by atoms with Crippen LogP contribution < -0.4 is 26.0 Å². The molecule has 0 unspecified atom stereocenters. The Balaban J connectivity index is 1.59. The molecule has 4 rings (SSSR count). The van der Waals surface area contributed by atoms with E-state index in [-0.39, 0.29) is 11.8 Å². The summed E-state index contributed by atoms with van der Waals surface area (Å²) < 4.78 is 6.29. The molecule has 0 bridgehead atoms. The second-order valence-corrected chi connectivity index (χ2v) is 8.99. The number of nitrogens with two attached hydrogens (primary N) is 1. The summed E-state index contributed by atoms with van der Waals surface area (Å²) in [6, 6.07) is 2.94. The molecule has 1 atom stereocenters. The van der Waals surface area contributed by atoms with Crippen LogP contribution in [0.1, 0.15) is 37.3 Å². The van der Waals surface area contributed by atoms with Gasteiger partial charge in [0.2, 0.25) is 5.91 Å². The van der Waals surface area contributed by atoms with Crippen molar-refractivity contribution in [3.8, 4) is 5.75 Å². The number of hydrogen-bond acceptors (Lipinski definition) is 5. The summed E-state index contributed by atoms with van der Waals surface area (Å²) in [6.45, 7) is 4.41. The predicted molar refractivity (Wildman–Crippen MR) is 124 cm³/mol. The van der Waals surface area contributed by atoms with Gasteiger partial charge in [0.25, 0.3) is 5.91 Å². The third-order valence-corrected chi connectivity index (χ3v) is 6.82. The van der Waals surface area contributed by atoms with Crippen molar-refractivity contribution in [2.75, 3.05) is 18.5 Å². The fourth-order valence-corrected chi connectivity index (χ4v) is 4.47. The van der Waals surface area contributed by atoms with Gasteiger partial charge in [0.05, 0.1) is 0 Å². The monoisotopic (exact) mass is 451 g/mol. The highest BCUT2D eigenvalue weighted by Crippen LogP contribution is 2.40. The van der Waals surface area contributed by atoms with Crippen LogP contribution in [0.5, 0.6) is 5.75 Å². The average molecular weight is 452 g/mol. The standard InChI is InChI=1S/C24H29N5O4/c1-12-7-17(29(3)24(32)28-23(31)21(25)26)9-15-8-16-11-27-22(30)18(10-19(16)33-20(12)15)13(2)14-5-4-6-14/h7,9-10,13-14H,4-6,8,11H2,1-3H3,(H3,25,26)(H,27,30)(H,28,31,32)/t13-/m1/s1. The van der Waals surface area contributed by atoms with Crippen LogP contribution >= 0.6 is 0 Å². The summed E-state index contributed by atoms with van der Waals surface area (Å²) in [5.41, 5.74) is 9.16. The number of amides is 4. The van der Waals surface area contributed by atoms with Crippen LogP contribution in [0.4, 0.5) is 10.5 Å². The van der Waals surface area contributed by atoms with Crippen molar-refractivity contribution >= 4 is 29.4 Å². The largest absolute Gasteiger partial charge is 0.457 e. The number of allylic oxidation sites excluding steroid dienone is 1. The highest BCUT2D eigenvalue weighted by molar-refractivity contribution is 6.38. The Bertz CT molecular complexity index is 1120. The number of fused-ring (bicyclic) bond motifs is 1. The zero-order valence-electron chi connectivity index (χ0n) is 19.1. The molecule has 3 aliphatic rings. The lowest BCUT2D eigenvalue weighted by Crippen LogP contribution is -2.45. The Morgan fingerprint density at radius 2 is 2.06 bits per heavy atom. The molecule has 174 valence electrons. The zero-order chi connectivity index (χ0) is 23.9. The summed E-state index contributed by atoms with van der Waals surface area (Å²) in [4.78, 5) is 38.0. The highest BCUT2D eigenvalue weighted by atomic mass is 16.5. The van der Waals surface area contributed by atoms with Gasteiger partial charge in [-0.2, -0.15) is 0 Å². The minimum atomic E-state index is -0.951. The first-order chi connectivity index (χ1) is 15.7. The van der Waals surface area contributed by atoms with E-state index in [1.807, 2.05) is 19.1 Å². The van der Waals surface area contributed by atoms with E-state index in [0.29, 0.717) is 30.3 Å². The van der Waals surface area contributed by atoms with Gasteiger partial charge in [-0.3, -0.25) is 25.2 Å². The van der Waals surface area contributed by atoms with Gasteiger partial charge in [0.15, 0.2) is 5.84 Å². The van der Waals surface area contributed by atoms with E-state index in [1.165, 1.54) is 18.4 Å². The van der Waals surface area contributed by atoms with E-state index >= 15 is 0 Å². The minimum absolute atomic E-state index is 0.0413. The molecule has 2 heterocycles. The number of hydrogen-bond donors (Lipinski definition) is 4. The van der Waals surface area contributed by atoms with Gasteiger partial charge >= 0.3 is 6.03 Å². The number of amidine groups is 1. The van der Waals surface area contributed by atoms with E-state index in [4.69, 9.17) is 15.9 Å². The van der Waals surface area contributed by atoms with Crippen molar-refractivity contribution in [3.63, 3.8) is 0 Å². The summed E-state index contributed by atoms with van der Waals surface area (Å²) in [7, 11) is 1.53. The fourth-order valence-electron chi connectivity index (χ4n) is 4.47. The quantitative estimate of drug-likeness (QED) is 0.413. The normalized spacial score (nSPS) is 18.4. The van der Waals surface area contributed by atoms with Crippen molar-refractivity contribution in [1.29, 1.82) is 5.41 Å². The van der Waals surface area contributed by atoms with Crippen molar-refractivity contribution in [3.05, 3.63) is 46.2 Å². The lowest BCUT2D eigenvalue weighted by molar-refractivity contribution is -0.118. The van der Waals surface area contributed by atoms with Gasteiger partial charge in [-0.05, 0) is 60.9 Å². The molecule has 4 amide bonds. The molecule has 1 aromatic rings. The maximum Gasteiger partial charge on any atom is 0.328 e. The maximum atomic E-state index is 12.8. The Morgan fingerprint density at radius 3 is 2.70 bits per heavy atom. The molecular formula is C24H29N5O4. The number of carbonyl (C=O) groups excluding carboxylic acids is 3. The van der Waals surface area contributed by atoms with Crippen molar-refractivity contribution in [1.82, 2.24) is 10.6 Å². The molecule has 1 saturated carbocycles. The lowest BCUT2D eigenvalue weighted by Gasteiger charge is -2.32. The highest BCUT2D eigenvalue weighted by Gasteiger charge is 2.33. The van der Waals surface area contributed by atoms with Gasteiger partial charge < -0.3 is 15.8 Å². The smallest absolute Gasteiger partial charge is 0.328 e. The molecule has 1 aliphatic carbocycles. The Kier molecular flexibility index (Phi) is 5.97. The molecule has 0 aromatic heterocycles. The van der Waals surface area contributed by atoms with Crippen LogP contribution in [0.2, 0.25) is 0 Å². The van der Waals surface area contributed by atoms with Gasteiger partial charge in [0, 0.05) is 36.8 Å². The van der Waals surface area contributed by atoms with Crippen LogP contribution in [0.3, 0.4) is 0 Å². The first kappa shape index (κ1) is 22.6. The third-order valence-electron chi connectivity index (χ3n) is 6.82. The topological polar surface area (TPSA) is 138 Å². The van der Waals surface area contributed by atoms with E-state index < -0.39 is 17.8 Å². The minimum Gasteiger partial charge on any atom is -0.457 e. The van der Waals surface area contributed by atoms with E-state index in [9.17, 15) is 14.4 Å². The molecule has 0 spiro atoms. The molecule has 0 saturated heterocycles. The van der Waals surface area contributed by atoms with Crippen LogP contribution in [0.15, 0.2) is 35.1 Å². The number of nitrogens with one attached hydrogen (secondary N) is 3. The second-order valence-electron chi connectivity index (χ2n) is 8.99. The third kappa shape index (κ3) is 4.35.